The summed E-state index contributed by atoms with van der Waals surface area (Å²) >= 11 is 0. The maximum absolute atomic E-state index is 2.53. The zero-order chi connectivity index (χ0) is 19.2. The Balaban J connectivity index is 2.12. The van der Waals surface area contributed by atoms with Crippen LogP contribution in [0.3, 0.4) is 0 Å². The molecule has 28 heavy (non-hydrogen) atoms. The van der Waals surface area contributed by atoms with Crippen molar-refractivity contribution >= 4 is 49.0 Å². The molecule has 0 bridgehead atoms. The van der Waals surface area contributed by atoms with Crippen LogP contribution in [0.5, 0.6) is 0 Å². The van der Waals surface area contributed by atoms with Gasteiger partial charge in [-0.05, 0) is 35.4 Å². The van der Waals surface area contributed by atoms with Gasteiger partial charge in [-0.1, -0.05) is 56.3 Å². The van der Waals surface area contributed by atoms with Crippen molar-refractivity contribution in [1.82, 2.24) is 4.40 Å². The average molecular weight is 363 g/mol. The highest BCUT2D eigenvalue weighted by atomic mass is 15.0. The Hall–Kier alpha value is -3.13. The maximum atomic E-state index is 2.53. The smallest absolute Gasteiger partial charge is 0.238 e. The molecule has 0 radical (unpaired) electrons. The molecule has 2 heteroatoms. The molecule has 136 valence electrons. The molecule has 3 aromatic heterocycles. The van der Waals surface area contributed by atoms with Crippen molar-refractivity contribution in [3.63, 3.8) is 0 Å². The number of para-hydroxylation sites is 1. The second kappa shape index (κ2) is 5.23. The van der Waals surface area contributed by atoms with Gasteiger partial charge < -0.3 is 4.40 Å². The molecular weight excluding hydrogens is 340 g/mol. The standard InChI is InChI=1S/C26H23N2/c1-15(2)18-8-6-9-19-20-13-14-27(4)26-22-16(3)11-12-17-7-5-10-21(23(17)22)28(24(18)19)25(20)26/h5-15H,1-4H3/q+1. The van der Waals surface area contributed by atoms with Gasteiger partial charge in [-0.25, -0.2) is 0 Å². The number of fused-ring (bicyclic) bond motifs is 5. The molecule has 6 aromatic rings. The molecule has 0 unspecified atom stereocenters. The number of aryl methyl sites for hydroxylation is 2. The Bertz CT molecular complexity index is 1550. The summed E-state index contributed by atoms with van der Waals surface area (Å²) in [6.07, 6.45) is 2.22. The monoisotopic (exact) mass is 363 g/mol. The second-order valence-corrected chi connectivity index (χ2v) is 8.40. The number of hydrogen-bond acceptors (Lipinski definition) is 0. The van der Waals surface area contributed by atoms with Gasteiger partial charge in [0.1, 0.15) is 12.6 Å². The van der Waals surface area contributed by atoms with Gasteiger partial charge in [0.2, 0.25) is 5.52 Å². The predicted molar refractivity (Wildman–Crippen MR) is 119 cm³/mol. The van der Waals surface area contributed by atoms with E-state index in [1.807, 2.05) is 0 Å². The largest absolute Gasteiger partial charge is 0.303 e. The summed E-state index contributed by atoms with van der Waals surface area (Å²) in [4.78, 5) is 0. The molecule has 3 aromatic carbocycles. The molecule has 0 saturated heterocycles. The molecular formula is C26H23N2+. The van der Waals surface area contributed by atoms with E-state index in [4.69, 9.17) is 0 Å². The van der Waals surface area contributed by atoms with Gasteiger partial charge in [-0.3, -0.25) is 0 Å². The normalized spacial score (nSPS) is 12.6. The molecule has 6 rings (SSSR count). The lowest BCUT2D eigenvalue weighted by atomic mass is 9.98. The third-order valence-corrected chi connectivity index (χ3v) is 6.43. The number of benzene rings is 3. The van der Waals surface area contributed by atoms with E-state index in [-0.39, 0.29) is 0 Å². The van der Waals surface area contributed by atoms with Crippen molar-refractivity contribution in [1.29, 1.82) is 0 Å². The number of rotatable bonds is 1. The van der Waals surface area contributed by atoms with Gasteiger partial charge in [0.05, 0.1) is 16.4 Å². The predicted octanol–water partition coefficient (Wildman–Crippen LogP) is 6.25. The number of hydrogen-bond donors (Lipinski definition) is 0. The van der Waals surface area contributed by atoms with Crippen molar-refractivity contribution in [2.75, 3.05) is 0 Å². The number of nitrogens with zero attached hydrogens (tertiary/aromatic N) is 2. The molecule has 0 spiro atoms. The average Bonchev–Trinajstić information content (AvgIpc) is 3.03. The van der Waals surface area contributed by atoms with Gasteiger partial charge in [0.25, 0.3) is 0 Å². The summed E-state index contributed by atoms with van der Waals surface area (Å²) in [6.45, 7) is 6.83. The van der Waals surface area contributed by atoms with Crippen LogP contribution in [0.1, 0.15) is 30.9 Å². The summed E-state index contributed by atoms with van der Waals surface area (Å²) < 4.78 is 4.83. The van der Waals surface area contributed by atoms with Crippen LogP contribution in [0.15, 0.2) is 60.8 Å². The van der Waals surface area contributed by atoms with Crippen molar-refractivity contribution in [3.05, 3.63) is 71.9 Å². The molecule has 0 atom stereocenters. The molecule has 0 N–H and O–H groups in total. The van der Waals surface area contributed by atoms with Crippen LogP contribution in [0, 0.1) is 6.92 Å². The quantitative estimate of drug-likeness (QED) is 0.185. The maximum Gasteiger partial charge on any atom is 0.238 e. The molecule has 0 saturated carbocycles. The van der Waals surface area contributed by atoms with Crippen molar-refractivity contribution in [2.24, 2.45) is 7.05 Å². The third kappa shape index (κ3) is 1.76. The molecule has 0 aliphatic heterocycles. The van der Waals surface area contributed by atoms with Crippen LogP contribution < -0.4 is 4.57 Å². The van der Waals surface area contributed by atoms with Crippen LogP contribution in [-0.2, 0) is 7.05 Å². The molecule has 0 aliphatic rings. The van der Waals surface area contributed by atoms with Crippen molar-refractivity contribution in [3.8, 4) is 0 Å². The lowest BCUT2D eigenvalue weighted by Crippen LogP contribution is -2.28. The summed E-state index contributed by atoms with van der Waals surface area (Å²) in [5.41, 5.74) is 8.08. The molecule has 2 nitrogen and oxygen atoms in total. The Morgan fingerprint density at radius 2 is 1.61 bits per heavy atom. The highest BCUT2D eigenvalue weighted by molar-refractivity contribution is 6.25. The first-order valence-electron chi connectivity index (χ1n) is 10.1. The van der Waals surface area contributed by atoms with Crippen LogP contribution >= 0.6 is 0 Å². The number of aromatic nitrogens is 2. The van der Waals surface area contributed by atoms with Gasteiger partial charge in [0.15, 0.2) is 6.20 Å². The Labute approximate surface area is 164 Å². The Kier molecular flexibility index (Phi) is 2.97. The van der Waals surface area contributed by atoms with E-state index in [0.29, 0.717) is 5.92 Å². The number of pyridine rings is 2. The molecule has 0 amide bonds. The van der Waals surface area contributed by atoms with Crippen LogP contribution in [0.2, 0.25) is 0 Å². The molecule has 3 heterocycles. The highest BCUT2D eigenvalue weighted by Crippen LogP contribution is 2.41. The van der Waals surface area contributed by atoms with Crippen LogP contribution in [0.25, 0.3) is 49.0 Å². The first-order chi connectivity index (χ1) is 13.6. The van der Waals surface area contributed by atoms with Gasteiger partial charge >= 0.3 is 0 Å². The van der Waals surface area contributed by atoms with Gasteiger partial charge in [-0.2, -0.15) is 4.57 Å². The minimum Gasteiger partial charge on any atom is -0.303 e. The molecule has 0 fully saturated rings. The Morgan fingerprint density at radius 1 is 0.821 bits per heavy atom. The topological polar surface area (TPSA) is 8.29 Å². The van der Waals surface area contributed by atoms with Crippen molar-refractivity contribution in [2.45, 2.75) is 26.7 Å². The van der Waals surface area contributed by atoms with Crippen molar-refractivity contribution < 1.29 is 4.57 Å². The minimum absolute atomic E-state index is 0.472. The first-order valence-corrected chi connectivity index (χ1v) is 10.1. The fourth-order valence-electron chi connectivity index (χ4n) is 5.18. The SMILES string of the molecule is Cc1ccc2cccc3c2c1c1c2c(cc[n+]1C)c1cccc(C(C)C)c1n32. The lowest BCUT2D eigenvalue weighted by molar-refractivity contribution is -0.644. The zero-order valence-corrected chi connectivity index (χ0v) is 16.7. The summed E-state index contributed by atoms with van der Waals surface area (Å²) in [6, 6.07) is 20.3. The van der Waals surface area contributed by atoms with E-state index in [1.54, 1.807) is 0 Å². The first kappa shape index (κ1) is 15.9. The molecule has 0 aliphatic carbocycles. The highest BCUT2D eigenvalue weighted by Gasteiger charge is 2.25. The fraction of sp³-hybridized carbons (Fsp3) is 0.192. The lowest BCUT2D eigenvalue weighted by Gasteiger charge is -2.14. The Morgan fingerprint density at radius 3 is 2.43 bits per heavy atom. The fourth-order valence-corrected chi connectivity index (χ4v) is 5.18. The van der Waals surface area contributed by atoms with E-state index < -0.39 is 0 Å². The van der Waals surface area contributed by atoms with E-state index >= 15 is 0 Å². The van der Waals surface area contributed by atoms with E-state index in [2.05, 4.69) is 97.6 Å². The van der Waals surface area contributed by atoms with E-state index in [0.717, 1.165) is 0 Å². The second-order valence-electron chi connectivity index (χ2n) is 8.40. The van der Waals surface area contributed by atoms with Crippen LogP contribution in [-0.4, -0.2) is 4.40 Å². The van der Waals surface area contributed by atoms with E-state index in [1.165, 1.54) is 60.1 Å². The van der Waals surface area contributed by atoms with E-state index in [9.17, 15) is 0 Å². The summed E-state index contributed by atoms with van der Waals surface area (Å²) in [7, 11) is 2.17. The van der Waals surface area contributed by atoms with Crippen LogP contribution in [0.4, 0.5) is 0 Å². The zero-order valence-electron chi connectivity index (χ0n) is 16.7. The van der Waals surface area contributed by atoms with Gasteiger partial charge in [0, 0.05) is 22.2 Å². The minimum atomic E-state index is 0.472. The summed E-state index contributed by atoms with van der Waals surface area (Å²) in [5.74, 6) is 0.472. The third-order valence-electron chi connectivity index (χ3n) is 6.43. The summed E-state index contributed by atoms with van der Waals surface area (Å²) in [5, 5.41) is 6.75. The van der Waals surface area contributed by atoms with Gasteiger partial charge in [-0.15, -0.1) is 0 Å².